The third-order valence-electron chi connectivity index (χ3n) is 2.08. The van der Waals surface area contributed by atoms with Gasteiger partial charge in [0.2, 0.25) is 0 Å². The summed E-state index contributed by atoms with van der Waals surface area (Å²) in [6.07, 6.45) is -0.560. The molecule has 0 bridgehead atoms. The Bertz CT molecular complexity index is 320. The van der Waals surface area contributed by atoms with Crippen molar-refractivity contribution < 1.29 is 9.84 Å². The van der Waals surface area contributed by atoms with E-state index in [1.807, 2.05) is 18.2 Å². The number of benzene rings is 1. The molecule has 0 heterocycles. The maximum Gasteiger partial charge on any atom is 0.133 e. The molecule has 2 atom stereocenters. The van der Waals surface area contributed by atoms with Gasteiger partial charge in [-0.25, -0.2) is 0 Å². The molecule has 1 rings (SSSR count). The summed E-state index contributed by atoms with van der Waals surface area (Å²) in [5.41, 5.74) is 6.67. The van der Waals surface area contributed by atoms with Crippen molar-refractivity contribution in [3.8, 4) is 5.75 Å². The maximum absolute atomic E-state index is 9.32. The smallest absolute Gasteiger partial charge is 0.133 e. The maximum atomic E-state index is 9.32. The van der Waals surface area contributed by atoms with Crippen LogP contribution in [0.2, 0.25) is 0 Å². The number of aliphatic hydroxyl groups excluding tert-OH is 1. The Morgan fingerprint density at radius 1 is 1.47 bits per heavy atom. The van der Waals surface area contributed by atoms with Gasteiger partial charge in [-0.2, -0.15) is 0 Å². The second-order valence-electron chi connectivity index (χ2n) is 3.16. The second kappa shape index (κ2) is 6.33. The molecular formula is C10H15BrClNO2. The molecular weight excluding hydrogens is 281 g/mol. The van der Waals surface area contributed by atoms with Gasteiger partial charge in [0.05, 0.1) is 23.7 Å². The molecule has 0 spiro atoms. The quantitative estimate of drug-likeness (QED) is 0.899. The van der Waals surface area contributed by atoms with Gasteiger partial charge >= 0.3 is 0 Å². The first-order valence-corrected chi connectivity index (χ1v) is 5.12. The van der Waals surface area contributed by atoms with E-state index in [1.165, 1.54) is 0 Å². The van der Waals surface area contributed by atoms with Crippen LogP contribution in [0.25, 0.3) is 0 Å². The van der Waals surface area contributed by atoms with Crippen molar-refractivity contribution in [3.05, 3.63) is 28.2 Å². The van der Waals surface area contributed by atoms with Crippen molar-refractivity contribution in [2.45, 2.75) is 19.1 Å². The Kier molecular flexibility index (Phi) is 6.20. The Hall–Kier alpha value is -0.290. The average Bonchev–Trinajstić information content (AvgIpc) is 2.16. The van der Waals surface area contributed by atoms with Crippen molar-refractivity contribution in [2.75, 3.05) is 7.11 Å². The molecule has 3 N–H and O–H groups in total. The minimum absolute atomic E-state index is 0. The van der Waals surface area contributed by atoms with Gasteiger partial charge in [0.1, 0.15) is 5.75 Å². The van der Waals surface area contributed by atoms with E-state index in [4.69, 9.17) is 10.5 Å². The van der Waals surface area contributed by atoms with E-state index in [0.29, 0.717) is 0 Å². The molecule has 1 aromatic carbocycles. The number of ether oxygens (including phenoxy) is 1. The summed E-state index contributed by atoms with van der Waals surface area (Å²) in [7, 11) is 1.61. The van der Waals surface area contributed by atoms with Crippen LogP contribution >= 0.6 is 28.3 Å². The molecule has 5 heteroatoms. The second-order valence-corrected chi connectivity index (χ2v) is 4.01. The molecule has 0 aliphatic rings. The summed E-state index contributed by atoms with van der Waals surface area (Å²) in [5.74, 6) is 0.756. The molecule has 0 saturated heterocycles. The van der Waals surface area contributed by atoms with Gasteiger partial charge < -0.3 is 15.6 Å². The summed E-state index contributed by atoms with van der Waals surface area (Å²) in [4.78, 5) is 0. The van der Waals surface area contributed by atoms with E-state index >= 15 is 0 Å². The molecule has 0 unspecified atom stereocenters. The van der Waals surface area contributed by atoms with Gasteiger partial charge in [-0.15, -0.1) is 12.4 Å². The van der Waals surface area contributed by atoms with Crippen LogP contribution in [0, 0.1) is 0 Å². The number of hydrogen-bond acceptors (Lipinski definition) is 3. The highest BCUT2D eigenvalue weighted by molar-refractivity contribution is 9.10. The molecule has 86 valence electrons. The lowest BCUT2D eigenvalue weighted by molar-refractivity contribution is 0.164. The van der Waals surface area contributed by atoms with Gasteiger partial charge in [-0.1, -0.05) is 6.07 Å². The van der Waals surface area contributed by atoms with Crippen LogP contribution in [-0.4, -0.2) is 18.3 Å². The zero-order chi connectivity index (χ0) is 10.7. The number of rotatable bonds is 3. The molecule has 0 amide bonds. The number of aliphatic hydroxyl groups is 1. The van der Waals surface area contributed by atoms with E-state index in [9.17, 15) is 5.11 Å². The predicted octanol–water partition coefficient (Wildman–Crippen LogP) is 2.26. The van der Waals surface area contributed by atoms with Crippen molar-refractivity contribution >= 4 is 28.3 Å². The lowest BCUT2D eigenvalue weighted by atomic mass is 10.0. The highest BCUT2D eigenvalue weighted by atomic mass is 79.9. The first-order valence-electron chi connectivity index (χ1n) is 4.33. The van der Waals surface area contributed by atoms with E-state index in [2.05, 4.69) is 15.9 Å². The Morgan fingerprint density at radius 2 is 2.07 bits per heavy atom. The molecule has 0 saturated carbocycles. The van der Waals surface area contributed by atoms with Gasteiger partial charge in [-0.3, -0.25) is 0 Å². The van der Waals surface area contributed by atoms with Gasteiger partial charge in [0.25, 0.3) is 0 Å². The van der Waals surface area contributed by atoms with Crippen LogP contribution in [0.4, 0.5) is 0 Å². The fraction of sp³-hybridized carbons (Fsp3) is 0.400. The topological polar surface area (TPSA) is 55.5 Å². The highest BCUT2D eigenvalue weighted by Crippen LogP contribution is 2.28. The number of halogens is 2. The van der Waals surface area contributed by atoms with Gasteiger partial charge in [-0.05, 0) is 40.5 Å². The lowest BCUT2D eigenvalue weighted by Gasteiger charge is -2.16. The summed E-state index contributed by atoms with van der Waals surface area (Å²) in [6, 6.07) is 5.16. The number of nitrogens with two attached hydrogens (primary N) is 1. The number of hydrogen-bond donors (Lipinski definition) is 2. The Balaban J connectivity index is 0.00000196. The summed E-state index contributed by atoms with van der Waals surface area (Å²) >= 11 is 3.36. The van der Waals surface area contributed by atoms with Gasteiger partial charge in [0.15, 0.2) is 0 Å². The molecule has 0 radical (unpaired) electrons. The average molecular weight is 297 g/mol. The first kappa shape index (κ1) is 14.7. The van der Waals surface area contributed by atoms with Crippen LogP contribution in [0.3, 0.4) is 0 Å². The highest BCUT2D eigenvalue weighted by Gasteiger charge is 2.13. The molecule has 0 aliphatic carbocycles. The Morgan fingerprint density at radius 3 is 2.47 bits per heavy atom. The van der Waals surface area contributed by atoms with Crippen molar-refractivity contribution in [3.63, 3.8) is 0 Å². The predicted molar refractivity (Wildman–Crippen MR) is 66.6 cm³/mol. The van der Waals surface area contributed by atoms with Crippen molar-refractivity contribution in [1.29, 1.82) is 0 Å². The molecule has 0 fully saturated rings. The monoisotopic (exact) mass is 295 g/mol. The van der Waals surface area contributed by atoms with E-state index < -0.39 is 6.10 Å². The zero-order valence-corrected chi connectivity index (χ0v) is 11.0. The third kappa shape index (κ3) is 3.65. The van der Waals surface area contributed by atoms with Crippen LogP contribution in [-0.2, 0) is 0 Å². The summed E-state index contributed by atoms with van der Waals surface area (Å²) < 4.78 is 5.93. The first-order chi connectivity index (χ1) is 6.56. The van der Waals surface area contributed by atoms with Crippen LogP contribution in [0.5, 0.6) is 5.75 Å². The van der Waals surface area contributed by atoms with Crippen LogP contribution in [0.15, 0.2) is 22.7 Å². The van der Waals surface area contributed by atoms with Crippen LogP contribution < -0.4 is 10.5 Å². The minimum Gasteiger partial charge on any atom is -0.496 e. The minimum atomic E-state index is -0.560. The molecule has 15 heavy (non-hydrogen) atoms. The fourth-order valence-corrected chi connectivity index (χ4v) is 1.73. The van der Waals surface area contributed by atoms with E-state index in [-0.39, 0.29) is 18.4 Å². The normalized spacial score (nSPS) is 13.9. The standard InChI is InChI=1S/C10H14BrNO2.ClH/c1-6(13)10(12)7-3-4-9(14-2)8(11)5-7;/h3-6,10,13H,12H2,1-2H3;1H/t6-,10-;/m1./s1. The Labute approximate surface area is 104 Å². The molecule has 1 aromatic rings. The molecule has 0 aliphatic heterocycles. The van der Waals surface area contributed by atoms with Crippen molar-refractivity contribution in [1.82, 2.24) is 0 Å². The largest absolute Gasteiger partial charge is 0.496 e. The third-order valence-corrected chi connectivity index (χ3v) is 2.70. The van der Waals surface area contributed by atoms with E-state index in [1.54, 1.807) is 14.0 Å². The summed E-state index contributed by atoms with van der Waals surface area (Å²) in [5, 5.41) is 9.32. The summed E-state index contributed by atoms with van der Waals surface area (Å²) in [6.45, 7) is 1.67. The van der Waals surface area contributed by atoms with Gasteiger partial charge in [0, 0.05) is 0 Å². The fourth-order valence-electron chi connectivity index (χ4n) is 1.17. The molecule has 3 nitrogen and oxygen atoms in total. The zero-order valence-electron chi connectivity index (χ0n) is 8.61. The number of methoxy groups -OCH3 is 1. The molecule has 0 aromatic heterocycles. The SMILES string of the molecule is COc1ccc([C@H](N)[C@@H](C)O)cc1Br.Cl. The van der Waals surface area contributed by atoms with Crippen molar-refractivity contribution in [2.24, 2.45) is 5.73 Å². The van der Waals surface area contributed by atoms with E-state index in [0.717, 1.165) is 15.8 Å². The van der Waals surface area contributed by atoms with Crippen LogP contribution in [0.1, 0.15) is 18.5 Å². The lowest BCUT2D eigenvalue weighted by Crippen LogP contribution is -2.23.